The van der Waals surface area contributed by atoms with Crippen molar-refractivity contribution in [2.45, 2.75) is 27.2 Å². The van der Waals surface area contributed by atoms with Crippen LogP contribution >= 0.6 is 0 Å². The van der Waals surface area contributed by atoms with Crippen molar-refractivity contribution >= 4 is 17.3 Å². The molecule has 2 N–H and O–H groups in total. The van der Waals surface area contributed by atoms with E-state index in [1.807, 2.05) is 0 Å². The van der Waals surface area contributed by atoms with E-state index in [1.165, 1.54) is 6.07 Å². The molecule has 0 saturated heterocycles. The predicted molar refractivity (Wildman–Crippen MR) is 85.9 cm³/mol. The Morgan fingerprint density at radius 1 is 1.19 bits per heavy atom. The number of nitrogens with one attached hydrogen (secondary N) is 2. The molecule has 0 aliphatic rings. The molecule has 0 radical (unpaired) electrons. The summed E-state index contributed by atoms with van der Waals surface area (Å²) in [7, 11) is 0. The van der Waals surface area contributed by atoms with Crippen LogP contribution in [0.5, 0.6) is 0 Å². The summed E-state index contributed by atoms with van der Waals surface area (Å²) in [4.78, 5) is 17.2. The number of rotatable bonds is 10. The van der Waals surface area contributed by atoms with Crippen LogP contribution in [0, 0.1) is 10.1 Å². The largest absolute Gasteiger partial charge is 0.370 e. The van der Waals surface area contributed by atoms with Crippen LogP contribution < -0.4 is 10.6 Å². The van der Waals surface area contributed by atoms with Crippen molar-refractivity contribution in [3.05, 3.63) is 22.2 Å². The first kappa shape index (κ1) is 17.2. The maximum absolute atomic E-state index is 11.1. The molecule has 21 heavy (non-hydrogen) atoms. The molecule has 0 spiro atoms. The Bertz CT molecular complexity index is 449. The molecule has 118 valence electrons. The molecular weight excluding hydrogens is 270 g/mol. The summed E-state index contributed by atoms with van der Waals surface area (Å²) in [6.07, 6.45) is 0.976. The van der Waals surface area contributed by atoms with E-state index in [2.05, 4.69) is 41.3 Å². The zero-order valence-electron chi connectivity index (χ0n) is 13.1. The smallest absolute Gasteiger partial charge is 0.311 e. The van der Waals surface area contributed by atoms with Crippen molar-refractivity contribution < 1.29 is 4.92 Å². The summed E-state index contributed by atoms with van der Waals surface area (Å²) in [5.74, 6) is 0.987. The summed E-state index contributed by atoms with van der Waals surface area (Å²) in [5, 5.41) is 17.3. The number of likely N-dealkylation sites (N-methyl/N-ethyl adjacent to an activating group) is 1. The third-order valence-corrected chi connectivity index (χ3v) is 3.24. The third-order valence-electron chi connectivity index (χ3n) is 3.24. The molecule has 0 aromatic carbocycles. The van der Waals surface area contributed by atoms with E-state index >= 15 is 0 Å². The lowest BCUT2D eigenvalue weighted by atomic mass is 10.3. The van der Waals surface area contributed by atoms with Crippen LogP contribution in [0.1, 0.15) is 27.2 Å². The molecule has 1 aromatic heterocycles. The Balaban J connectivity index is 2.73. The normalized spacial score (nSPS) is 10.7. The second-order valence-corrected chi connectivity index (χ2v) is 4.70. The van der Waals surface area contributed by atoms with Gasteiger partial charge in [-0.05, 0) is 25.6 Å². The van der Waals surface area contributed by atoms with Crippen molar-refractivity contribution in [2.24, 2.45) is 0 Å². The van der Waals surface area contributed by atoms with Gasteiger partial charge in [-0.25, -0.2) is 4.98 Å². The first-order valence-electron chi connectivity index (χ1n) is 7.47. The first-order chi connectivity index (χ1) is 10.1. The van der Waals surface area contributed by atoms with Crippen molar-refractivity contribution in [1.82, 2.24) is 9.88 Å². The number of nitrogens with zero attached hydrogens (tertiary/aromatic N) is 3. The third kappa shape index (κ3) is 5.55. The molecule has 0 fully saturated rings. The Kier molecular flexibility index (Phi) is 7.45. The molecule has 1 heterocycles. The Morgan fingerprint density at radius 3 is 2.48 bits per heavy atom. The molecule has 0 bridgehead atoms. The minimum absolute atomic E-state index is 0.0107. The van der Waals surface area contributed by atoms with Gasteiger partial charge in [0, 0.05) is 25.7 Å². The molecule has 7 nitrogen and oxygen atoms in total. The highest BCUT2D eigenvalue weighted by atomic mass is 16.6. The van der Waals surface area contributed by atoms with Gasteiger partial charge in [0.15, 0.2) is 0 Å². The van der Waals surface area contributed by atoms with Gasteiger partial charge in [0.05, 0.1) is 4.92 Å². The van der Waals surface area contributed by atoms with Gasteiger partial charge in [-0.1, -0.05) is 20.8 Å². The van der Waals surface area contributed by atoms with Crippen molar-refractivity contribution in [3.8, 4) is 0 Å². The minimum atomic E-state index is -0.406. The van der Waals surface area contributed by atoms with Crippen LogP contribution in [-0.2, 0) is 0 Å². The van der Waals surface area contributed by atoms with Gasteiger partial charge in [0.25, 0.3) is 0 Å². The number of aromatic nitrogens is 1. The number of hydrogen-bond acceptors (Lipinski definition) is 6. The fraction of sp³-hybridized carbons (Fsp3) is 0.643. The molecule has 0 aliphatic heterocycles. The van der Waals surface area contributed by atoms with Gasteiger partial charge in [-0.2, -0.15) is 0 Å². The average molecular weight is 295 g/mol. The number of nitro groups is 1. The summed E-state index contributed by atoms with van der Waals surface area (Å²) in [6, 6.07) is 3.13. The van der Waals surface area contributed by atoms with Crippen molar-refractivity contribution in [2.75, 3.05) is 43.4 Å². The molecule has 0 unspecified atom stereocenters. The molecule has 0 atom stereocenters. The minimum Gasteiger partial charge on any atom is -0.370 e. The maximum Gasteiger partial charge on any atom is 0.311 e. The summed E-state index contributed by atoms with van der Waals surface area (Å²) < 4.78 is 0. The SMILES string of the molecule is CCCNc1ccc([N+](=O)[O-])c(NCCN(CC)CC)n1. The van der Waals surface area contributed by atoms with Gasteiger partial charge in [-0.15, -0.1) is 0 Å². The lowest BCUT2D eigenvalue weighted by Gasteiger charge is -2.18. The quantitative estimate of drug-likeness (QED) is 0.510. The fourth-order valence-corrected chi connectivity index (χ4v) is 1.95. The summed E-state index contributed by atoms with van der Waals surface area (Å²) >= 11 is 0. The van der Waals surface area contributed by atoms with Crippen LogP contribution in [0.3, 0.4) is 0 Å². The highest BCUT2D eigenvalue weighted by molar-refractivity contribution is 5.60. The Morgan fingerprint density at radius 2 is 1.90 bits per heavy atom. The van der Waals surface area contributed by atoms with Gasteiger partial charge in [0.2, 0.25) is 5.82 Å². The number of hydrogen-bond donors (Lipinski definition) is 2. The van der Waals surface area contributed by atoms with E-state index in [4.69, 9.17) is 0 Å². The number of anilines is 2. The van der Waals surface area contributed by atoms with Crippen molar-refractivity contribution in [1.29, 1.82) is 0 Å². The van der Waals surface area contributed by atoms with Gasteiger partial charge in [-0.3, -0.25) is 10.1 Å². The monoisotopic (exact) mass is 295 g/mol. The van der Waals surface area contributed by atoms with E-state index in [1.54, 1.807) is 6.07 Å². The standard InChI is InChI=1S/C14H25N5O2/c1-4-9-15-13-8-7-12(19(20)21)14(17-13)16-10-11-18(5-2)6-3/h7-8H,4-6,9-11H2,1-3H3,(H2,15,16,17). The van der Waals surface area contributed by atoms with Crippen LogP contribution in [0.2, 0.25) is 0 Å². The lowest BCUT2D eigenvalue weighted by molar-refractivity contribution is -0.384. The second-order valence-electron chi connectivity index (χ2n) is 4.70. The molecule has 7 heteroatoms. The Labute approximate surface area is 125 Å². The zero-order valence-corrected chi connectivity index (χ0v) is 13.1. The van der Waals surface area contributed by atoms with Gasteiger partial charge in [0.1, 0.15) is 5.82 Å². The highest BCUT2D eigenvalue weighted by Crippen LogP contribution is 2.23. The second kappa shape index (κ2) is 9.12. The van der Waals surface area contributed by atoms with Gasteiger partial charge >= 0.3 is 5.69 Å². The van der Waals surface area contributed by atoms with E-state index in [9.17, 15) is 10.1 Å². The predicted octanol–water partition coefficient (Wildman–Crippen LogP) is 2.57. The topological polar surface area (TPSA) is 83.3 Å². The maximum atomic E-state index is 11.1. The average Bonchev–Trinajstić information content (AvgIpc) is 2.49. The molecule has 1 aromatic rings. The Hall–Kier alpha value is -1.89. The number of pyridine rings is 1. The summed E-state index contributed by atoms with van der Waals surface area (Å²) in [5.41, 5.74) is 0.0107. The van der Waals surface area contributed by atoms with Crippen LogP contribution in [0.15, 0.2) is 12.1 Å². The highest BCUT2D eigenvalue weighted by Gasteiger charge is 2.15. The van der Waals surface area contributed by atoms with Crippen LogP contribution in [-0.4, -0.2) is 47.5 Å². The van der Waals surface area contributed by atoms with E-state index in [0.29, 0.717) is 18.2 Å². The fourth-order valence-electron chi connectivity index (χ4n) is 1.95. The van der Waals surface area contributed by atoms with E-state index in [0.717, 1.165) is 32.6 Å². The van der Waals surface area contributed by atoms with Crippen molar-refractivity contribution in [3.63, 3.8) is 0 Å². The first-order valence-corrected chi connectivity index (χ1v) is 7.47. The lowest BCUT2D eigenvalue weighted by Crippen LogP contribution is -2.29. The molecule has 0 saturated carbocycles. The molecule has 0 aliphatic carbocycles. The molecular formula is C14H25N5O2. The molecule has 1 rings (SSSR count). The van der Waals surface area contributed by atoms with Crippen LogP contribution in [0.4, 0.5) is 17.3 Å². The summed E-state index contributed by atoms with van der Waals surface area (Å²) in [6.45, 7) is 10.4. The molecule has 0 amide bonds. The zero-order chi connectivity index (χ0) is 15.7. The van der Waals surface area contributed by atoms with Gasteiger partial charge < -0.3 is 15.5 Å². The van der Waals surface area contributed by atoms with E-state index < -0.39 is 4.92 Å². The van der Waals surface area contributed by atoms with Crippen LogP contribution in [0.25, 0.3) is 0 Å². The van der Waals surface area contributed by atoms with E-state index in [-0.39, 0.29) is 5.69 Å².